The molecule has 1 saturated heterocycles. The molecule has 1 amide bonds. The number of anilines is 1. The van der Waals surface area contributed by atoms with E-state index < -0.39 is 0 Å². The predicted octanol–water partition coefficient (Wildman–Crippen LogP) is 3.24. The first kappa shape index (κ1) is 22.2. The van der Waals surface area contributed by atoms with Gasteiger partial charge >= 0.3 is 0 Å². The number of aromatic nitrogens is 2. The zero-order valence-electron chi connectivity index (χ0n) is 19.3. The van der Waals surface area contributed by atoms with Crippen molar-refractivity contribution >= 4 is 33.4 Å². The minimum Gasteiger partial charge on any atom is -0.383 e. The summed E-state index contributed by atoms with van der Waals surface area (Å²) in [6.07, 6.45) is 1.69. The van der Waals surface area contributed by atoms with Crippen LogP contribution in [0.15, 0.2) is 59.5 Å². The molecule has 7 nitrogen and oxygen atoms in total. The van der Waals surface area contributed by atoms with Gasteiger partial charge in [-0.2, -0.15) is 0 Å². The second-order valence-corrected chi connectivity index (χ2v) is 8.59. The van der Waals surface area contributed by atoms with E-state index in [-0.39, 0.29) is 17.3 Å². The second kappa shape index (κ2) is 8.95. The van der Waals surface area contributed by atoms with E-state index in [9.17, 15) is 14.0 Å². The lowest BCUT2D eigenvalue weighted by Gasteiger charge is -2.36. The van der Waals surface area contributed by atoms with Gasteiger partial charge in [-0.1, -0.05) is 18.2 Å². The van der Waals surface area contributed by atoms with Gasteiger partial charge < -0.3 is 23.7 Å². The molecule has 34 heavy (non-hydrogen) atoms. The lowest BCUT2D eigenvalue weighted by molar-refractivity contribution is 0.0747. The maximum absolute atomic E-state index is 13.8. The van der Waals surface area contributed by atoms with Gasteiger partial charge in [0.2, 0.25) is 0 Å². The van der Waals surface area contributed by atoms with Crippen molar-refractivity contribution in [1.82, 2.24) is 14.0 Å². The summed E-state index contributed by atoms with van der Waals surface area (Å²) in [4.78, 5) is 31.1. The normalized spacial score (nSPS) is 14.3. The molecule has 0 saturated carbocycles. The molecule has 0 N–H and O–H groups in total. The number of hydrogen-bond acceptors (Lipinski definition) is 4. The predicted molar refractivity (Wildman–Crippen MR) is 131 cm³/mol. The Hall–Kier alpha value is -3.65. The van der Waals surface area contributed by atoms with Crippen LogP contribution in [0.5, 0.6) is 0 Å². The number of ether oxygens (including phenoxy) is 1. The minimum absolute atomic E-state index is 0.0914. The molecule has 0 spiro atoms. The Morgan fingerprint density at radius 2 is 1.74 bits per heavy atom. The zero-order chi connectivity index (χ0) is 23.8. The third-order valence-electron chi connectivity index (χ3n) is 6.65. The number of hydrogen-bond donors (Lipinski definition) is 0. The number of rotatable bonds is 5. The Morgan fingerprint density at radius 1 is 1.03 bits per heavy atom. The first-order valence-electron chi connectivity index (χ1n) is 11.4. The quantitative estimate of drug-likeness (QED) is 0.457. The van der Waals surface area contributed by atoms with Crippen LogP contribution < -0.4 is 10.5 Å². The molecule has 0 bridgehead atoms. The summed E-state index contributed by atoms with van der Waals surface area (Å²) in [6, 6.07) is 14.2. The van der Waals surface area contributed by atoms with Gasteiger partial charge in [0, 0.05) is 75.1 Å². The number of methoxy groups -OCH3 is 1. The molecule has 1 aliphatic heterocycles. The van der Waals surface area contributed by atoms with Crippen molar-refractivity contribution in [1.29, 1.82) is 0 Å². The molecule has 176 valence electrons. The van der Waals surface area contributed by atoms with Crippen LogP contribution in [0.1, 0.15) is 10.4 Å². The Labute approximate surface area is 196 Å². The molecule has 1 aliphatic rings. The number of carbonyl (C=O) groups is 1. The van der Waals surface area contributed by atoms with Gasteiger partial charge in [0.05, 0.1) is 12.2 Å². The molecule has 8 heteroatoms. The van der Waals surface area contributed by atoms with Gasteiger partial charge in [0.1, 0.15) is 11.3 Å². The zero-order valence-corrected chi connectivity index (χ0v) is 19.3. The summed E-state index contributed by atoms with van der Waals surface area (Å²) in [5.74, 6) is -0.355. The fraction of sp³-hybridized carbons (Fsp3) is 0.308. The summed E-state index contributed by atoms with van der Waals surface area (Å²) >= 11 is 0. The van der Waals surface area contributed by atoms with Crippen molar-refractivity contribution in [3.8, 4) is 0 Å². The van der Waals surface area contributed by atoms with Crippen LogP contribution in [-0.4, -0.2) is 59.8 Å². The van der Waals surface area contributed by atoms with E-state index in [1.807, 2.05) is 40.8 Å². The van der Waals surface area contributed by atoms with E-state index >= 15 is 0 Å². The molecule has 0 atom stereocenters. The summed E-state index contributed by atoms with van der Waals surface area (Å²) in [5, 5.41) is 1.59. The number of para-hydroxylation sites is 1. The SMILES string of the molecule is COCCn1cc(C(=O)N2CCN(c3ccc(F)cc3)CC2)c2c3ccccc3n(C)c2c1=O. The molecule has 0 radical (unpaired) electrons. The standard InChI is InChI=1S/C26H27FN4O3/c1-28-22-6-4-3-5-20(22)23-21(17-31(15-16-34-2)26(33)24(23)28)25(32)30-13-11-29(12-14-30)19-9-7-18(27)8-10-19/h3-10,17H,11-16H2,1-2H3. The highest BCUT2D eigenvalue weighted by molar-refractivity contribution is 6.17. The summed E-state index contributed by atoms with van der Waals surface area (Å²) in [5.41, 5.74) is 2.77. The fourth-order valence-electron chi connectivity index (χ4n) is 4.84. The Balaban J connectivity index is 1.53. The Kier molecular flexibility index (Phi) is 5.83. The maximum Gasteiger partial charge on any atom is 0.275 e. The molecule has 2 aromatic heterocycles. The van der Waals surface area contributed by atoms with E-state index in [0.29, 0.717) is 55.8 Å². The number of amides is 1. The number of pyridine rings is 1. The third kappa shape index (κ3) is 3.74. The summed E-state index contributed by atoms with van der Waals surface area (Å²) < 4.78 is 21.9. The van der Waals surface area contributed by atoms with Gasteiger partial charge in [0.15, 0.2) is 0 Å². The fourth-order valence-corrected chi connectivity index (χ4v) is 4.84. The number of piperazine rings is 1. The van der Waals surface area contributed by atoms with Gasteiger partial charge in [-0.15, -0.1) is 0 Å². The molecule has 0 unspecified atom stereocenters. The van der Waals surface area contributed by atoms with Crippen LogP contribution in [0.25, 0.3) is 21.8 Å². The van der Waals surface area contributed by atoms with Crippen LogP contribution >= 0.6 is 0 Å². The maximum atomic E-state index is 13.8. The summed E-state index contributed by atoms with van der Waals surface area (Å²) in [7, 11) is 3.45. The van der Waals surface area contributed by atoms with E-state index in [1.54, 1.807) is 30.0 Å². The second-order valence-electron chi connectivity index (χ2n) is 8.59. The first-order chi connectivity index (χ1) is 16.5. The lowest BCUT2D eigenvalue weighted by atomic mass is 10.1. The highest BCUT2D eigenvalue weighted by atomic mass is 19.1. The average Bonchev–Trinajstić information content (AvgIpc) is 3.17. The van der Waals surface area contributed by atoms with E-state index in [1.165, 1.54) is 12.1 Å². The van der Waals surface area contributed by atoms with Crippen LogP contribution in [0.3, 0.4) is 0 Å². The lowest BCUT2D eigenvalue weighted by Crippen LogP contribution is -2.49. The molecular formula is C26H27FN4O3. The van der Waals surface area contributed by atoms with Crippen molar-refractivity contribution < 1.29 is 13.9 Å². The van der Waals surface area contributed by atoms with Gasteiger partial charge in [-0.3, -0.25) is 9.59 Å². The number of benzene rings is 2. The largest absolute Gasteiger partial charge is 0.383 e. The van der Waals surface area contributed by atoms with Crippen molar-refractivity contribution in [2.24, 2.45) is 7.05 Å². The molecule has 0 aliphatic carbocycles. The van der Waals surface area contributed by atoms with Gasteiger partial charge in [0.25, 0.3) is 11.5 Å². The smallest absolute Gasteiger partial charge is 0.275 e. The molecule has 4 aromatic rings. The average molecular weight is 463 g/mol. The number of carbonyl (C=O) groups excluding carboxylic acids is 1. The van der Waals surface area contributed by atoms with Crippen molar-refractivity contribution in [2.75, 3.05) is 44.8 Å². The van der Waals surface area contributed by atoms with Crippen molar-refractivity contribution in [2.45, 2.75) is 6.54 Å². The minimum atomic E-state index is -0.264. The van der Waals surface area contributed by atoms with E-state index in [0.717, 1.165) is 16.6 Å². The molecule has 1 fully saturated rings. The first-order valence-corrected chi connectivity index (χ1v) is 11.4. The van der Waals surface area contributed by atoms with Crippen molar-refractivity contribution in [3.05, 3.63) is 76.5 Å². The number of aryl methyl sites for hydroxylation is 1. The Morgan fingerprint density at radius 3 is 2.44 bits per heavy atom. The Bertz CT molecular complexity index is 1420. The van der Waals surface area contributed by atoms with E-state index in [2.05, 4.69) is 4.90 Å². The number of halogens is 1. The molecule has 3 heterocycles. The molecular weight excluding hydrogens is 435 g/mol. The molecule has 2 aromatic carbocycles. The summed E-state index contributed by atoms with van der Waals surface area (Å²) in [6.45, 7) is 3.13. The van der Waals surface area contributed by atoms with Gasteiger partial charge in [-0.05, 0) is 30.3 Å². The van der Waals surface area contributed by atoms with Crippen molar-refractivity contribution in [3.63, 3.8) is 0 Å². The van der Waals surface area contributed by atoms with E-state index in [4.69, 9.17) is 4.74 Å². The topological polar surface area (TPSA) is 59.7 Å². The van der Waals surface area contributed by atoms with Crippen LogP contribution in [0, 0.1) is 5.82 Å². The highest BCUT2D eigenvalue weighted by Gasteiger charge is 2.27. The van der Waals surface area contributed by atoms with Crippen LogP contribution in [-0.2, 0) is 18.3 Å². The number of fused-ring (bicyclic) bond motifs is 3. The molecule has 5 rings (SSSR count). The third-order valence-corrected chi connectivity index (χ3v) is 6.65. The van der Waals surface area contributed by atoms with Crippen LogP contribution in [0.4, 0.5) is 10.1 Å². The van der Waals surface area contributed by atoms with Crippen LogP contribution in [0.2, 0.25) is 0 Å². The van der Waals surface area contributed by atoms with Gasteiger partial charge in [-0.25, -0.2) is 4.39 Å². The monoisotopic (exact) mass is 462 g/mol. The highest BCUT2D eigenvalue weighted by Crippen LogP contribution is 2.30. The number of nitrogens with zero attached hydrogens (tertiary/aromatic N) is 4.